The molecule has 0 radical (unpaired) electrons. The van der Waals surface area contributed by atoms with Crippen LogP contribution >= 0.6 is 0 Å². The molecule has 0 bridgehead atoms. The van der Waals surface area contributed by atoms with Crippen molar-refractivity contribution < 1.29 is 12.6 Å². The Hall–Kier alpha value is -1.13. The third kappa shape index (κ3) is 5.02. The first-order chi connectivity index (χ1) is 8.56. The van der Waals surface area contributed by atoms with E-state index in [2.05, 4.69) is 6.92 Å². The van der Waals surface area contributed by atoms with E-state index in [1.165, 1.54) is 0 Å². The second-order valence-electron chi connectivity index (χ2n) is 4.14. The van der Waals surface area contributed by atoms with Gasteiger partial charge in [0.1, 0.15) is 0 Å². The van der Waals surface area contributed by atoms with Crippen LogP contribution in [0, 0.1) is 6.92 Å². The zero-order chi connectivity index (χ0) is 13.4. The van der Waals surface area contributed by atoms with Crippen LogP contribution in [-0.4, -0.2) is 15.0 Å². The molecule has 0 saturated carbocycles. The summed E-state index contributed by atoms with van der Waals surface area (Å²) in [6, 6.07) is 6.66. The van der Waals surface area contributed by atoms with E-state index < -0.39 is 10.1 Å². The molecule has 0 saturated heterocycles. The molecule has 0 heterocycles. The Morgan fingerprint density at radius 1 is 1.11 bits per heavy atom. The molecule has 0 unspecified atom stereocenters. The van der Waals surface area contributed by atoms with Gasteiger partial charge in [-0.15, -0.1) is 0 Å². The van der Waals surface area contributed by atoms with Gasteiger partial charge in [0.25, 0.3) is 10.1 Å². The Kier molecular flexibility index (Phi) is 6.09. The van der Waals surface area contributed by atoms with Gasteiger partial charge in [0, 0.05) is 0 Å². The van der Waals surface area contributed by atoms with E-state index in [4.69, 9.17) is 4.18 Å². The highest BCUT2D eigenvalue weighted by atomic mass is 32.2. The minimum atomic E-state index is -3.60. The lowest BCUT2D eigenvalue weighted by Crippen LogP contribution is -2.07. The summed E-state index contributed by atoms with van der Waals surface area (Å²) in [7, 11) is -3.60. The van der Waals surface area contributed by atoms with Crippen LogP contribution in [0.3, 0.4) is 0 Å². The maximum absolute atomic E-state index is 11.8. The van der Waals surface area contributed by atoms with E-state index in [9.17, 15) is 8.42 Å². The number of unbranched alkanes of at least 4 members (excludes halogenated alkanes) is 1. The van der Waals surface area contributed by atoms with Crippen molar-refractivity contribution >= 4 is 10.1 Å². The van der Waals surface area contributed by atoms with Crippen LogP contribution in [0.2, 0.25) is 0 Å². The molecule has 0 aliphatic heterocycles. The second-order valence-corrected chi connectivity index (χ2v) is 5.75. The van der Waals surface area contributed by atoms with Gasteiger partial charge in [0.2, 0.25) is 0 Å². The molecule has 1 rings (SSSR count). The molecular formula is C14H20O3S. The molecule has 0 atom stereocenters. The first kappa shape index (κ1) is 14.9. The molecular weight excluding hydrogens is 248 g/mol. The Labute approximate surface area is 110 Å². The van der Waals surface area contributed by atoms with Crippen molar-refractivity contribution in [2.45, 2.75) is 38.0 Å². The number of aryl methyl sites for hydroxylation is 1. The van der Waals surface area contributed by atoms with Crippen LogP contribution in [0.4, 0.5) is 0 Å². The molecule has 0 N–H and O–H groups in total. The number of benzene rings is 1. The van der Waals surface area contributed by atoms with E-state index in [0.717, 1.165) is 18.4 Å². The number of hydrogen-bond donors (Lipinski definition) is 0. The molecule has 4 heteroatoms. The maximum atomic E-state index is 11.8. The third-order valence-electron chi connectivity index (χ3n) is 2.45. The molecule has 100 valence electrons. The van der Waals surface area contributed by atoms with Crippen molar-refractivity contribution in [1.82, 2.24) is 0 Å². The fourth-order valence-electron chi connectivity index (χ4n) is 1.40. The summed E-state index contributed by atoms with van der Waals surface area (Å²) in [4.78, 5) is 0.214. The summed E-state index contributed by atoms with van der Waals surface area (Å²) in [5.41, 5.74) is 1.02. The zero-order valence-corrected chi connectivity index (χ0v) is 11.7. The summed E-state index contributed by atoms with van der Waals surface area (Å²) in [5.74, 6) is 0. The minimum absolute atomic E-state index is 0.191. The molecule has 1 aromatic rings. The molecule has 0 aromatic heterocycles. The molecule has 0 fully saturated rings. The van der Waals surface area contributed by atoms with Gasteiger partial charge in [-0.3, -0.25) is 4.18 Å². The summed E-state index contributed by atoms with van der Waals surface area (Å²) in [6.07, 6.45) is 6.73. The van der Waals surface area contributed by atoms with Gasteiger partial charge in [-0.2, -0.15) is 8.42 Å². The molecule has 3 nitrogen and oxygen atoms in total. The average molecular weight is 268 g/mol. The monoisotopic (exact) mass is 268 g/mol. The normalized spacial score (nSPS) is 12.1. The summed E-state index contributed by atoms with van der Waals surface area (Å²) in [5, 5.41) is 0. The molecule has 0 aliphatic carbocycles. The van der Waals surface area contributed by atoms with Gasteiger partial charge < -0.3 is 0 Å². The molecule has 18 heavy (non-hydrogen) atoms. The van der Waals surface area contributed by atoms with Crippen LogP contribution in [-0.2, 0) is 14.3 Å². The van der Waals surface area contributed by atoms with Crippen molar-refractivity contribution in [2.24, 2.45) is 0 Å². The Morgan fingerprint density at radius 3 is 2.33 bits per heavy atom. The lowest BCUT2D eigenvalue weighted by Gasteiger charge is -2.04. The van der Waals surface area contributed by atoms with Crippen molar-refractivity contribution in [3.8, 4) is 0 Å². The summed E-state index contributed by atoms with van der Waals surface area (Å²) >= 11 is 0. The maximum Gasteiger partial charge on any atom is 0.296 e. The van der Waals surface area contributed by atoms with Crippen LogP contribution in [0.25, 0.3) is 0 Å². The first-order valence-corrected chi connectivity index (χ1v) is 7.58. The topological polar surface area (TPSA) is 43.4 Å². The van der Waals surface area contributed by atoms with Crippen molar-refractivity contribution in [3.63, 3.8) is 0 Å². The average Bonchev–Trinajstić information content (AvgIpc) is 2.34. The number of hydrogen-bond acceptors (Lipinski definition) is 3. The largest absolute Gasteiger partial charge is 0.296 e. The standard InChI is InChI=1S/C14H20O3S/c1-3-4-5-6-7-12-17-18(15,16)14-10-8-13(2)9-11-14/h5-6,8-11H,3-4,7,12H2,1-2H3. The predicted octanol–water partition coefficient (Wildman–Crippen LogP) is 3.45. The van der Waals surface area contributed by atoms with Crippen molar-refractivity contribution in [2.75, 3.05) is 6.61 Å². The smallest absolute Gasteiger partial charge is 0.266 e. The van der Waals surface area contributed by atoms with E-state index >= 15 is 0 Å². The Balaban J connectivity index is 2.48. The lowest BCUT2D eigenvalue weighted by atomic mass is 10.2. The minimum Gasteiger partial charge on any atom is -0.266 e. The SMILES string of the molecule is CCCC=CCCOS(=O)(=O)c1ccc(C)cc1. The van der Waals surface area contributed by atoms with E-state index in [1.54, 1.807) is 24.3 Å². The van der Waals surface area contributed by atoms with Crippen LogP contribution in [0.15, 0.2) is 41.3 Å². The van der Waals surface area contributed by atoms with Crippen LogP contribution in [0.1, 0.15) is 31.7 Å². The Morgan fingerprint density at radius 2 is 1.72 bits per heavy atom. The second kappa shape index (κ2) is 7.34. The summed E-state index contributed by atoms with van der Waals surface area (Å²) < 4.78 is 28.5. The predicted molar refractivity (Wildman–Crippen MR) is 73.0 cm³/mol. The fraction of sp³-hybridized carbons (Fsp3) is 0.429. The molecule has 0 aliphatic rings. The lowest BCUT2D eigenvalue weighted by molar-refractivity contribution is 0.324. The van der Waals surface area contributed by atoms with Crippen molar-refractivity contribution in [1.29, 1.82) is 0 Å². The summed E-state index contributed by atoms with van der Waals surface area (Å²) in [6.45, 7) is 4.20. The zero-order valence-electron chi connectivity index (χ0n) is 10.9. The number of rotatable bonds is 7. The highest BCUT2D eigenvalue weighted by Crippen LogP contribution is 2.13. The van der Waals surface area contributed by atoms with Gasteiger partial charge in [0.15, 0.2) is 0 Å². The fourth-order valence-corrected chi connectivity index (χ4v) is 2.32. The molecule has 1 aromatic carbocycles. The Bertz CT molecular complexity index is 472. The molecule has 0 spiro atoms. The van der Waals surface area contributed by atoms with E-state index in [-0.39, 0.29) is 11.5 Å². The van der Waals surface area contributed by atoms with E-state index in [1.807, 2.05) is 19.1 Å². The highest BCUT2D eigenvalue weighted by molar-refractivity contribution is 7.86. The van der Waals surface area contributed by atoms with Gasteiger partial charge in [-0.05, 0) is 31.9 Å². The van der Waals surface area contributed by atoms with Gasteiger partial charge >= 0.3 is 0 Å². The quantitative estimate of drug-likeness (QED) is 0.432. The van der Waals surface area contributed by atoms with Crippen LogP contribution in [0.5, 0.6) is 0 Å². The van der Waals surface area contributed by atoms with Crippen molar-refractivity contribution in [3.05, 3.63) is 42.0 Å². The highest BCUT2D eigenvalue weighted by Gasteiger charge is 2.13. The van der Waals surface area contributed by atoms with E-state index in [0.29, 0.717) is 6.42 Å². The van der Waals surface area contributed by atoms with Gasteiger partial charge in [0.05, 0.1) is 11.5 Å². The third-order valence-corrected chi connectivity index (χ3v) is 3.78. The van der Waals surface area contributed by atoms with Crippen LogP contribution < -0.4 is 0 Å². The van der Waals surface area contributed by atoms with Gasteiger partial charge in [-0.25, -0.2) is 0 Å². The molecule has 0 amide bonds. The van der Waals surface area contributed by atoms with Gasteiger partial charge in [-0.1, -0.05) is 43.2 Å². The first-order valence-electron chi connectivity index (χ1n) is 6.17. The number of allylic oxidation sites excluding steroid dienone is 1.